The molecule has 0 spiro atoms. The third-order valence-corrected chi connectivity index (χ3v) is 5.27. The van der Waals surface area contributed by atoms with Crippen LogP contribution in [0.5, 0.6) is 0 Å². The molecule has 2 saturated heterocycles. The molecule has 0 radical (unpaired) electrons. The van der Waals surface area contributed by atoms with E-state index in [9.17, 15) is 9.59 Å². The summed E-state index contributed by atoms with van der Waals surface area (Å²) in [5.41, 5.74) is -0.0804. The maximum Gasteiger partial charge on any atom is 0.254 e. The van der Waals surface area contributed by atoms with Crippen LogP contribution in [0.2, 0.25) is 0 Å². The van der Waals surface area contributed by atoms with Crippen LogP contribution in [0.15, 0.2) is 30.3 Å². The fourth-order valence-electron chi connectivity index (χ4n) is 3.76. The first-order chi connectivity index (χ1) is 11.0. The van der Waals surface area contributed by atoms with Crippen molar-refractivity contribution in [1.82, 2.24) is 15.1 Å². The summed E-state index contributed by atoms with van der Waals surface area (Å²) in [6.07, 6.45) is 2.58. The van der Waals surface area contributed by atoms with Gasteiger partial charge in [0.2, 0.25) is 5.91 Å². The number of hydrogen-bond donors (Lipinski definition) is 1. The number of carbonyl (C=O) groups is 2. The minimum absolute atomic E-state index is 0.0445. The standard InChI is InChI=1S/C18H25N3O2/c1-18(17(23)20(2)15-9-11-19-13-15)10-6-12-21(18)16(22)14-7-4-3-5-8-14/h3-5,7-8,15,19H,6,9-13H2,1-2H3. The number of nitrogens with zero attached hydrogens (tertiary/aromatic N) is 2. The minimum atomic E-state index is -0.732. The molecule has 2 amide bonds. The number of nitrogens with one attached hydrogen (secondary N) is 1. The Hall–Kier alpha value is -1.88. The molecule has 0 bridgehead atoms. The van der Waals surface area contributed by atoms with Gasteiger partial charge in [-0.2, -0.15) is 0 Å². The number of rotatable bonds is 3. The summed E-state index contributed by atoms with van der Waals surface area (Å²) in [4.78, 5) is 29.6. The van der Waals surface area contributed by atoms with E-state index in [1.54, 1.807) is 4.90 Å². The predicted molar refractivity (Wildman–Crippen MR) is 89.2 cm³/mol. The van der Waals surface area contributed by atoms with Gasteiger partial charge in [-0.05, 0) is 44.9 Å². The SMILES string of the molecule is CN(C(=O)C1(C)CCCN1C(=O)c1ccccc1)C1CCNC1. The van der Waals surface area contributed by atoms with Gasteiger partial charge in [0, 0.05) is 31.7 Å². The fourth-order valence-corrected chi connectivity index (χ4v) is 3.76. The summed E-state index contributed by atoms with van der Waals surface area (Å²) in [6, 6.07) is 9.48. The Morgan fingerprint density at radius 2 is 2.04 bits per heavy atom. The van der Waals surface area contributed by atoms with E-state index in [2.05, 4.69) is 5.32 Å². The second-order valence-electron chi connectivity index (χ2n) is 6.76. The van der Waals surface area contributed by atoms with Gasteiger partial charge in [0.15, 0.2) is 0 Å². The van der Waals surface area contributed by atoms with Crippen LogP contribution in [0.1, 0.15) is 36.5 Å². The maximum absolute atomic E-state index is 13.1. The van der Waals surface area contributed by atoms with Crippen LogP contribution in [-0.4, -0.2) is 59.9 Å². The molecule has 5 heteroatoms. The van der Waals surface area contributed by atoms with Gasteiger partial charge in [-0.1, -0.05) is 18.2 Å². The van der Waals surface area contributed by atoms with E-state index in [4.69, 9.17) is 0 Å². The van der Waals surface area contributed by atoms with Crippen LogP contribution in [0, 0.1) is 0 Å². The molecule has 2 atom stereocenters. The molecule has 1 aromatic rings. The number of likely N-dealkylation sites (tertiary alicyclic amines) is 1. The summed E-state index contributed by atoms with van der Waals surface area (Å²) >= 11 is 0. The molecule has 124 valence electrons. The predicted octanol–water partition coefficient (Wildman–Crippen LogP) is 1.50. The Balaban J connectivity index is 1.81. The average Bonchev–Trinajstić information content (AvgIpc) is 3.24. The van der Waals surface area contributed by atoms with E-state index < -0.39 is 5.54 Å². The molecule has 2 aliphatic heterocycles. The first kappa shape index (κ1) is 16.0. The highest BCUT2D eigenvalue weighted by molar-refractivity contribution is 5.99. The zero-order valence-corrected chi connectivity index (χ0v) is 13.9. The molecule has 2 aliphatic rings. The lowest BCUT2D eigenvalue weighted by Crippen LogP contribution is -2.57. The molecule has 3 rings (SSSR count). The Morgan fingerprint density at radius 3 is 2.70 bits per heavy atom. The molecular weight excluding hydrogens is 290 g/mol. The number of likely N-dealkylation sites (N-methyl/N-ethyl adjacent to an activating group) is 1. The van der Waals surface area contributed by atoms with Gasteiger partial charge in [-0.15, -0.1) is 0 Å². The van der Waals surface area contributed by atoms with Crippen molar-refractivity contribution in [2.45, 2.75) is 37.8 Å². The van der Waals surface area contributed by atoms with Crippen LogP contribution in [0.4, 0.5) is 0 Å². The zero-order valence-electron chi connectivity index (χ0n) is 13.9. The zero-order chi connectivity index (χ0) is 16.4. The monoisotopic (exact) mass is 315 g/mol. The lowest BCUT2D eigenvalue weighted by Gasteiger charge is -2.38. The largest absolute Gasteiger partial charge is 0.339 e. The highest BCUT2D eigenvalue weighted by Crippen LogP contribution is 2.33. The van der Waals surface area contributed by atoms with E-state index in [-0.39, 0.29) is 17.9 Å². The molecule has 2 fully saturated rings. The van der Waals surface area contributed by atoms with Gasteiger partial charge in [-0.3, -0.25) is 9.59 Å². The summed E-state index contributed by atoms with van der Waals surface area (Å²) in [7, 11) is 1.87. The first-order valence-electron chi connectivity index (χ1n) is 8.39. The highest BCUT2D eigenvalue weighted by Gasteiger charge is 2.48. The Morgan fingerprint density at radius 1 is 1.30 bits per heavy atom. The third-order valence-electron chi connectivity index (χ3n) is 5.27. The van der Waals surface area contributed by atoms with Crippen molar-refractivity contribution in [3.63, 3.8) is 0 Å². The topological polar surface area (TPSA) is 52.7 Å². The van der Waals surface area contributed by atoms with Gasteiger partial charge < -0.3 is 15.1 Å². The molecule has 0 saturated carbocycles. The molecule has 2 unspecified atom stereocenters. The molecule has 2 heterocycles. The average molecular weight is 315 g/mol. The van der Waals surface area contributed by atoms with E-state index in [0.717, 1.165) is 32.4 Å². The maximum atomic E-state index is 13.1. The van der Waals surface area contributed by atoms with Crippen LogP contribution in [0.25, 0.3) is 0 Å². The normalized spacial score (nSPS) is 27.2. The summed E-state index contributed by atoms with van der Waals surface area (Å²) < 4.78 is 0. The highest BCUT2D eigenvalue weighted by atomic mass is 16.2. The van der Waals surface area contributed by atoms with Crippen molar-refractivity contribution >= 4 is 11.8 Å². The van der Waals surface area contributed by atoms with Crippen LogP contribution >= 0.6 is 0 Å². The Kier molecular flexibility index (Phi) is 4.39. The van der Waals surface area contributed by atoms with Crippen LogP contribution in [0.3, 0.4) is 0 Å². The number of hydrogen-bond acceptors (Lipinski definition) is 3. The quantitative estimate of drug-likeness (QED) is 0.920. The first-order valence-corrected chi connectivity index (χ1v) is 8.39. The van der Waals surface area contributed by atoms with Crippen molar-refractivity contribution in [1.29, 1.82) is 0 Å². The number of amides is 2. The summed E-state index contributed by atoms with van der Waals surface area (Å²) in [5.74, 6) is 0.0184. The second kappa shape index (κ2) is 6.32. The van der Waals surface area contributed by atoms with Crippen LogP contribution < -0.4 is 5.32 Å². The van der Waals surface area contributed by atoms with Gasteiger partial charge in [0.05, 0.1) is 0 Å². The van der Waals surface area contributed by atoms with Gasteiger partial charge in [-0.25, -0.2) is 0 Å². The lowest BCUT2D eigenvalue weighted by molar-refractivity contribution is -0.141. The molecule has 5 nitrogen and oxygen atoms in total. The molecule has 1 aromatic carbocycles. The fraction of sp³-hybridized carbons (Fsp3) is 0.556. The Bertz CT molecular complexity index is 583. The Labute approximate surface area is 137 Å². The molecule has 0 aliphatic carbocycles. The lowest BCUT2D eigenvalue weighted by atomic mass is 9.95. The van der Waals surface area contributed by atoms with Crippen molar-refractivity contribution in [3.05, 3.63) is 35.9 Å². The summed E-state index contributed by atoms with van der Waals surface area (Å²) in [6.45, 7) is 4.35. The van der Waals surface area contributed by atoms with Gasteiger partial charge in [0.1, 0.15) is 5.54 Å². The van der Waals surface area contributed by atoms with Crippen molar-refractivity contribution < 1.29 is 9.59 Å². The molecule has 23 heavy (non-hydrogen) atoms. The third kappa shape index (κ3) is 2.85. The molecular formula is C18H25N3O2. The van der Waals surface area contributed by atoms with E-state index >= 15 is 0 Å². The second-order valence-corrected chi connectivity index (χ2v) is 6.76. The number of carbonyl (C=O) groups excluding carboxylic acids is 2. The van der Waals surface area contributed by atoms with Gasteiger partial charge >= 0.3 is 0 Å². The van der Waals surface area contributed by atoms with E-state index in [1.165, 1.54) is 0 Å². The molecule has 1 N–H and O–H groups in total. The smallest absolute Gasteiger partial charge is 0.254 e. The van der Waals surface area contributed by atoms with Crippen molar-refractivity contribution in [2.75, 3.05) is 26.7 Å². The molecule has 0 aromatic heterocycles. The van der Waals surface area contributed by atoms with Gasteiger partial charge in [0.25, 0.3) is 5.91 Å². The van der Waals surface area contributed by atoms with Crippen LogP contribution in [-0.2, 0) is 4.79 Å². The van der Waals surface area contributed by atoms with Crippen molar-refractivity contribution in [3.8, 4) is 0 Å². The van der Waals surface area contributed by atoms with E-state index in [1.807, 2.05) is 49.2 Å². The summed E-state index contributed by atoms with van der Waals surface area (Å²) in [5, 5.41) is 3.30. The minimum Gasteiger partial charge on any atom is -0.339 e. The van der Waals surface area contributed by atoms with Crippen molar-refractivity contribution in [2.24, 2.45) is 0 Å². The number of benzene rings is 1. The van der Waals surface area contributed by atoms with E-state index in [0.29, 0.717) is 12.1 Å².